The van der Waals surface area contributed by atoms with E-state index in [1.807, 2.05) is 24.3 Å². The lowest BCUT2D eigenvalue weighted by molar-refractivity contribution is -0.136. The summed E-state index contributed by atoms with van der Waals surface area (Å²) in [6, 6.07) is 8.23. The van der Waals surface area contributed by atoms with Crippen molar-refractivity contribution >= 4 is 11.7 Å². The summed E-state index contributed by atoms with van der Waals surface area (Å²) < 4.78 is 0. The van der Waals surface area contributed by atoms with E-state index in [0.29, 0.717) is 6.04 Å². The number of carboxylic acids is 1. The molecule has 0 aliphatic heterocycles. The number of hydrogen-bond donors (Lipinski definition) is 2. The van der Waals surface area contributed by atoms with Crippen LogP contribution in [0.3, 0.4) is 0 Å². The Hall–Kier alpha value is -1.51. The summed E-state index contributed by atoms with van der Waals surface area (Å²) in [5.41, 5.74) is 1.87. The molecule has 3 heteroatoms. The van der Waals surface area contributed by atoms with E-state index in [2.05, 4.69) is 5.32 Å². The Morgan fingerprint density at radius 2 is 1.94 bits per heavy atom. The molecule has 0 atom stereocenters. The Kier molecular flexibility index (Phi) is 4.02. The van der Waals surface area contributed by atoms with Crippen LogP contribution in [-0.2, 0) is 11.2 Å². The summed E-state index contributed by atoms with van der Waals surface area (Å²) in [5.74, 6) is -0.775. The SMILES string of the molecule is O=C(O)Cc1ccccc1NC1CCCCC1. The van der Waals surface area contributed by atoms with Crippen molar-refractivity contribution in [3.05, 3.63) is 29.8 Å². The molecule has 2 N–H and O–H groups in total. The highest BCUT2D eigenvalue weighted by atomic mass is 16.4. The summed E-state index contributed by atoms with van der Waals surface area (Å²) >= 11 is 0. The average molecular weight is 233 g/mol. The van der Waals surface area contributed by atoms with E-state index in [0.717, 1.165) is 11.3 Å². The minimum atomic E-state index is -0.775. The number of carboxylic acid groups (broad SMARTS) is 1. The Morgan fingerprint density at radius 3 is 2.65 bits per heavy atom. The Morgan fingerprint density at radius 1 is 1.24 bits per heavy atom. The topological polar surface area (TPSA) is 49.3 Å². The van der Waals surface area contributed by atoms with Crippen molar-refractivity contribution in [3.63, 3.8) is 0 Å². The predicted molar refractivity (Wildman–Crippen MR) is 68.3 cm³/mol. The normalized spacial score (nSPS) is 16.7. The lowest BCUT2D eigenvalue weighted by Gasteiger charge is -2.25. The molecule has 1 aromatic rings. The Bertz CT molecular complexity index is 384. The molecule has 0 unspecified atom stereocenters. The first kappa shape index (κ1) is 12.0. The molecular formula is C14H19NO2. The largest absolute Gasteiger partial charge is 0.481 e. The lowest BCUT2D eigenvalue weighted by atomic mass is 9.95. The molecular weight excluding hydrogens is 214 g/mol. The highest BCUT2D eigenvalue weighted by Crippen LogP contribution is 2.24. The molecule has 17 heavy (non-hydrogen) atoms. The molecule has 0 saturated heterocycles. The zero-order valence-corrected chi connectivity index (χ0v) is 9.98. The van der Waals surface area contributed by atoms with Gasteiger partial charge < -0.3 is 10.4 Å². The second-order valence-corrected chi connectivity index (χ2v) is 4.71. The summed E-state index contributed by atoms with van der Waals surface area (Å²) in [5, 5.41) is 12.4. The molecule has 0 spiro atoms. The van der Waals surface area contributed by atoms with Crippen molar-refractivity contribution in [1.82, 2.24) is 0 Å². The molecule has 1 saturated carbocycles. The van der Waals surface area contributed by atoms with E-state index in [1.165, 1.54) is 32.1 Å². The lowest BCUT2D eigenvalue weighted by Crippen LogP contribution is -2.23. The van der Waals surface area contributed by atoms with Gasteiger partial charge in [0, 0.05) is 11.7 Å². The Balaban J connectivity index is 2.05. The van der Waals surface area contributed by atoms with E-state index in [1.54, 1.807) is 0 Å². The number of para-hydroxylation sites is 1. The quantitative estimate of drug-likeness (QED) is 0.840. The molecule has 1 aliphatic carbocycles. The summed E-state index contributed by atoms with van der Waals surface area (Å²) in [7, 11) is 0. The third-order valence-corrected chi connectivity index (χ3v) is 3.32. The van der Waals surface area contributed by atoms with E-state index in [9.17, 15) is 4.79 Å². The van der Waals surface area contributed by atoms with E-state index < -0.39 is 5.97 Å². The zero-order chi connectivity index (χ0) is 12.1. The van der Waals surface area contributed by atoms with Crippen LogP contribution in [0.5, 0.6) is 0 Å². The molecule has 0 bridgehead atoms. The van der Waals surface area contributed by atoms with Gasteiger partial charge in [-0.1, -0.05) is 37.5 Å². The number of hydrogen-bond acceptors (Lipinski definition) is 2. The zero-order valence-electron chi connectivity index (χ0n) is 9.98. The van der Waals surface area contributed by atoms with Gasteiger partial charge in [0.2, 0.25) is 0 Å². The molecule has 0 heterocycles. The van der Waals surface area contributed by atoms with Crippen LogP contribution >= 0.6 is 0 Å². The van der Waals surface area contributed by atoms with Crippen molar-refractivity contribution < 1.29 is 9.90 Å². The van der Waals surface area contributed by atoms with Crippen LogP contribution in [0.15, 0.2) is 24.3 Å². The van der Waals surface area contributed by atoms with Gasteiger partial charge in [0.25, 0.3) is 0 Å². The highest BCUT2D eigenvalue weighted by molar-refractivity contribution is 5.73. The number of aliphatic carboxylic acids is 1. The van der Waals surface area contributed by atoms with Crippen LogP contribution in [0.2, 0.25) is 0 Å². The molecule has 1 fully saturated rings. The maximum absolute atomic E-state index is 10.8. The van der Waals surface area contributed by atoms with Crippen LogP contribution < -0.4 is 5.32 Å². The average Bonchev–Trinajstić information content (AvgIpc) is 2.32. The second-order valence-electron chi connectivity index (χ2n) is 4.71. The molecule has 0 radical (unpaired) electrons. The standard InChI is InChI=1S/C14H19NO2/c16-14(17)10-11-6-4-5-9-13(11)15-12-7-2-1-3-8-12/h4-6,9,12,15H,1-3,7-8,10H2,(H,16,17). The molecule has 92 valence electrons. The highest BCUT2D eigenvalue weighted by Gasteiger charge is 2.14. The van der Waals surface area contributed by atoms with Crippen LogP contribution in [-0.4, -0.2) is 17.1 Å². The maximum Gasteiger partial charge on any atom is 0.307 e. The van der Waals surface area contributed by atoms with Gasteiger partial charge in [0.05, 0.1) is 6.42 Å². The molecule has 3 nitrogen and oxygen atoms in total. The van der Waals surface area contributed by atoms with Crippen molar-refractivity contribution in [2.75, 3.05) is 5.32 Å². The number of rotatable bonds is 4. The number of nitrogens with one attached hydrogen (secondary N) is 1. The summed E-state index contributed by atoms with van der Waals surface area (Å²) in [6.07, 6.45) is 6.37. The van der Waals surface area contributed by atoms with Gasteiger partial charge >= 0.3 is 5.97 Å². The molecule has 1 aliphatic rings. The third kappa shape index (κ3) is 3.48. The Labute approximate surface area is 102 Å². The van der Waals surface area contributed by atoms with Crippen molar-refractivity contribution in [1.29, 1.82) is 0 Å². The monoisotopic (exact) mass is 233 g/mol. The maximum atomic E-state index is 10.8. The molecule has 0 amide bonds. The van der Waals surface area contributed by atoms with Crippen molar-refractivity contribution in [3.8, 4) is 0 Å². The van der Waals surface area contributed by atoms with Crippen LogP contribution in [0.1, 0.15) is 37.7 Å². The number of anilines is 1. The summed E-state index contributed by atoms with van der Waals surface area (Å²) in [4.78, 5) is 10.8. The van der Waals surface area contributed by atoms with Gasteiger partial charge in [0.1, 0.15) is 0 Å². The fourth-order valence-corrected chi connectivity index (χ4v) is 2.45. The van der Waals surface area contributed by atoms with Crippen LogP contribution in [0.4, 0.5) is 5.69 Å². The van der Waals surface area contributed by atoms with Crippen LogP contribution in [0, 0.1) is 0 Å². The smallest absolute Gasteiger partial charge is 0.307 e. The van der Waals surface area contributed by atoms with Gasteiger partial charge in [-0.05, 0) is 24.5 Å². The number of benzene rings is 1. The first-order valence-corrected chi connectivity index (χ1v) is 6.32. The van der Waals surface area contributed by atoms with Crippen molar-refractivity contribution in [2.24, 2.45) is 0 Å². The van der Waals surface area contributed by atoms with Gasteiger partial charge in [-0.15, -0.1) is 0 Å². The fourth-order valence-electron chi connectivity index (χ4n) is 2.45. The first-order valence-electron chi connectivity index (χ1n) is 6.32. The minimum absolute atomic E-state index is 0.0931. The molecule has 1 aromatic carbocycles. The molecule has 0 aromatic heterocycles. The first-order chi connectivity index (χ1) is 8.25. The van der Waals surface area contributed by atoms with Crippen molar-refractivity contribution in [2.45, 2.75) is 44.6 Å². The van der Waals surface area contributed by atoms with Gasteiger partial charge in [0.15, 0.2) is 0 Å². The van der Waals surface area contributed by atoms with E-state index >= 15 is 0 Å². The molecule has 2 rings (SSSR count). The third-order valence-electron chi connectivity index (χ3n) is 3.32. The van der Waals surface area contributed by atoms with Gasteiger partial charge in [-0.25, -0.2) is 0 Å². The van der Waals surface area contributed by atoms with Gasteiger partial charge in [-0.3, -0.25) is 4.79 Å². The predicted octanol–water partition coefficient (Wildman–Crippen LogP) is 3.06. The number of carbonyl (C=O) groups is 1. The minimum Gasteiger partial charge on any atom is -0.481 e. The second kappa shape index (κ2) is 5.71. The van der Waals surface area contributed by atoms with Crippen LogP contribution in [0.25, 0.3) is 0 Å². The van der Waals surface area contributed by atoms with E-state index in [4.69, 9.17) is 5.11 Å². The van der Waals surface area contributed by atoms with Gasteiger partial charge in [-0.2, -0.15) is 0 Å². The fraction of sp³-hybridized carbons (Fsp3) is 0.500. The summed E-state index contributed by atoms with van der Waals surface area (Å²) in [6.45, 7) is 0. The van der Waals surface area contributed by atoms with E-state index in [-0.39, 0.29) is 6.42 Å².